The van der Waals surface area contributed by atoms with Crippen molar-refractivity contribution in [3.05, 3.63) is 51.7 Å². The zero-order valence-electron chi connectivity index (χ0n) is 14.2. The highest BCUT2D eigenvalue weighted by Gasteiger charge is 2.31. The fourth-order valence-electron chi connectivity index (χ4n) is 3.06. The summed E-state index contributed by atoms with van der Waals surface area (Å²) in [7, 11) is 1.29. The quantitative estimate of drug-likeness (QED) is 0.771. The molecule has 0 bridgehead atoms. The number of amides is 2. The predicted molar refractivity (Wildman–Crippen MR) is 97.8 cm³/mol. The maximum atomic E-state index is 12.5. The van der Waals surface area contributed by atoms with Crippen LogP contribution in [0.4, 0.5) is 5.69 Å². The van der Waals surface area contributed by atoms with Gasteiger partial charge < -0.3 is 15.8 Å². The molecule has 1 atom stereocenters. The van der Waals surface area contributed by atoms with Gasteiger partial charge in [0.2, 0.25) is 11.8 Å². The molecule has 0 fully saturated rings. The molecule has 3 rings (SSSR count). The van der Waals surface area contributed by atoms with Crippen molar-refractivity contribution in [1.29, 1.82) is 0 Å². The summed E-state index contributed by atoms with van der Waals surface area (Å²) >= 11 is 1.19. The minimum absolute atomic E-state index is 0.00159. The van der Waals surface area contributed by atoms with E-state index in [0.717, 1.165) is 11.1 Å². The van der Waals surface area contributed by atoms with E-state index < -0.39 is 17.9 Å². The molecular weight excluding hydrogens is 354 g/mol. The van der Waals surface area contributed by atoms with Crippen molar-refractivity contribution >= 4 is 34.8 Å². The smallest absolute Gasteiger partial charge is 0.350 e. The summed E-state index contributed by atoms with van der Waals surface area (Å²) < 4.78 is 4.70. The van der Waals surface area contributed by atoms with Crippen molar-refractivity contribution in [1.82, 2.24) is 4.90 Å². The van der Waals surface area contributed by atoms with Gasteiger partial charge in [-0.3, -0.25) is 14.5 Å². The van der Waals surface area contributed by atoms with Gasteiger partial charge in [-0.1, -0.05) is 24.3 Å². The van der Waals surface area contributed by atoms with Gasteiger partial charge in [-0.2, -0.15) is 0 Å². The Balaban J connectivity index is 1.73. The van der Waals surface area contributed by atoms with E-state index in [9.17, 15) is 14.4 Å². The van der Waals surface area contributed by atoms with Gasteiger partial charge in [-0.15, -0.1) is 11.3 Å². The number of fused-ring (bicyclic) bond motifs is 1. The van der Waals surface area contributed by atoms with Crippen LogP contribution in [-0.4, -0.2) is 42.4 Å². The number of hydrogen-bond acceptors (Lipinski definition) is 6. The summed E-state index contributed by atoms with van der Waals surface area (Å²) in [5.41, 5.74) is 8.08. The first-order valence-electron chi connectivity index (χ1n) is 8.05. The molecule has 1 aliphatic heterocycles. The maximum Gasteiger partial charge on any atom is 0.350 e. The normalized spacial score (nSPS) is 16.6. The van der Waals surface area contributed by atoms with E-state index in [0.29, 0.717) is 23.5 Å². The van der Waals surface area contributed by atoms with Crippen molar-refractivity contribution < 1.29 is 19.1 Å². The first-order valence-corrected chi connectivity index (χ1v) is 8.93. The number of primary amides is 1. The fourth-order valence-corrected chi connectivity index (χ4v) is 3.82. The Labute approximate surface area is 154 Å². The minimum atomic E-state index is -0.543. The number of carbonyl (C=O) groups excluding carboxylic acids is 3. The van der Waals surface area contributed by atoms with E-state index in [4.69, 9.17) is 10.5 Å². The molecule has 7 nitrogen and oxygen atoms in total. The predicted octanol–water partition coefficient (Wildman–Crippen LogP) is 1.39. The van der Waals surface area contributed by atoms with E-state index in [2.05, 4.69) is 5.32 Å². The summed E-state index contributed by atoms with van der Waals surface area (Å²) in [6.45, 7) is 0.461. The number of carbonyl (C=O) groups is 3. The molecule has 0 spiro atoms. The van der Waals surface area contributed by atoms with Gasteiger partial charge in [0, 0.05) is 6.54 Å². The molecule has 2 amide bonds. The second kappa shape index (κ2) is 7.67. The lowest BCUT2D eigenvalue weighted by Crippen LogP contribution is -2.50. The number of esters is 1. The van der Waals surface area contributed by atoms with Gasteiger partial charge in [-0.05, 0) is 29.0 Å². The Bertz CT molecular complexity index is 848. The molecule has 0 saturated heterocycles. The van der Waals surface area contributed by atoms with Gasteiger partial charge >= 0.3 is 5.97 Å². The number of thiophene rings is 1. The number of ether oxygens (including phenoxy) is 1. The molecular formula is C18H19N3O4S. The number of rotatable bonds is 5. The molecule has 0 saturated carbocycles. The van der Waals surface area contributed by atoms with Gasteiger partial charge in [0.1, 0.15) is 4.88 Å². The lowest BCUT2D eigenvalue weighted by molar-refractivity contribution is -0.125. The lowest BCUT2D eigenvalue weighted by atomic mass is 9.93. The molecule has 8 heteroatoms. The summed E-state index contributed by atoms with van der Waals surface area (Å²) in [5.74, 6) is -1.28. The standard InChI is InChI=1S/C18H19N3O4S/c1-25-18(24)16-13(6-7-26-16)20-15(22)10-21-9-12-5-3-2-4-11(12)8-14(21)17(19)23/h2-7,14H,8-10H2,1H3,(H2,19,23)(H,20,22)/t14-/m0/s1. The van der Waals surface area contributed by atoms with Gasteiger partial charge in [-0.25, -0.2) is 4.79 Å². The molecule has 0 aliphatic carbocycles. The van der Waals surface area contributed by atoms with Crippen LogP contribution in [0, 0.1) is 0 Å². The third-order valence-electron chi connectivity index (χ3n) is 4.33. The average molecular weight is 373 g/mol. The van der Waals surface area contributed by atoms with E-state index >= 15 is 0 Å². The molecule has 3 N–H and O–H groups in total. The highest BCUT2D eigenvalue weighted by molar-refractivity contribution is 7.12. The van der Waals surface area contributed by atoms with Crippen molar-refractivity contribution in [2.24, 2.45) is 5.73 Å². The van der Waals surface area contributed by atoms with E-state index in [-0.39, 0.29) is 12.5 Å². The molecule has 2 heterocycles. The summed E-state index contributed by atoms with van der Waals surface area (Å²) in [6, 6.07) is 8.90. The second-order valence-corrected chi connectivity index (χ2v) is 6.92. The number of nitrogens with two attached hydrogens (primary N) is 1. The summed E-state index contributed by atoms with van der Waals surface area (Å²) in [6.07, 6.45) is 0.477. The first-order chi connectivity index (χ1) is 12.5. The number of methoxy groups -OCH3 is 1. The van der Waals surface area contributed by atoms with Crippen LogP contribution in [0.2, 0.25) is 0 Å². The Morgan fingerprint density at radius 2 is 2.00 bits per heavy atom. The van der Waals surface area contributed by atoms with E-state index in [1.165, 1.54) is 18.4 Å². The van der Waals surface area contributed by atoms with E-state index in [1.807, 2.05) is 24.3 Å². The van der Waals surface area contributed by atoms with Crippen molar-refractivity contribution in [3.8, 4) is 0 Å². The van der Waals surface area contributed by atoms with E-state index in [1.54, 1.807) is 16.3 Å². The number of benzene rings is 1. The molecule has 136 valence electrons. The SMILES string of the molecule is COC(=O)c1sccc1NC(=O)CN1Cc2ccccc2C[C@H]1C(N)=O. The molecule has 0 unspecified atom stereocenters. The van der Waals surface area contributed by atoms with Crippen LogP contribution in [0.5, 0.6) is 0 Å². The maximum absolute atomic E-state index is 12.5. The van der Waals surface area contributed by atoms with Crippen molar-refractivity contribution in [3.63, 3.8) is 0 Å². The first kappa shape index (κ1) is 18.1. The van der Waals surface area contributed by atoms with Crippen LogP contribution in [-0.2, 0) is 27.3 Å². The molecule has 1 aromatic carbocycles. The monoisotopic (exact) mass is 373 g/mol. The third kappa shape index (κ3) is 3.76. The Kier molecular flexibility index (Phi) is 5.34. The van der Waals surface area contributed by atoms with Gasteiger partial charge in [0.05, 0.1) is 25.4 Å². The van der Waals surface area contributed by atoms with Crippen molar-refractivity contribution in [2.75, 3.05) is 19.0 Å². The Morgan fingerprint density at radius 3 is 2.69 bits per heavy atom. The highest BCUT2D eigenvalue weighted by atomic mass is 32.1. The van der Waals surface area contributed by atoms with Crippen LogP contribution in [0.1, 0.15) is 20.8 Å². The van der Waals surface area contributed by atoms with Gasteiger partial charge in [0.15, 0.2) is 0 Å². The van der Waals surface area contributed by atoms with Crippen LogP contribution in [0.25, 0.3) is 0 Å². The molecule has 26 heavy (non-hydrogen) atoms. The highest BCUT2D eigenvalue weighted by Crippen LogP contribution is 2.25. The lowest BCUT2D eigenvalue weighted by Gasteiger charge is -2.34. The summed E-state index contributed by atoms with van der Waals surface area (Å²) in [5, 5.41) is 4.41. The second-order valence-electron chi connectivity index (χ2n) is 6.00. The molecule has 0 radical (unpaired) electrons. The number of anilines is 1. The molecule has 1 aromatic heterocycles. The van der Waals surface area contributed by atoms with Gasteiger partial charge in [0.25, 0.3) is 0 Å². The number of nitrogens with one attached hydrogen (secondary N) is 1. The van der Waals surface area contributed by atoms with Crippen LogP contribution >= 0.6 is 11.3 Å². The molecule has 2 aromatic rings. The summed E-state index contributed by atoms with van der Waals surface area (Å²) in [4.78, 5) is 38.1. The average Bonchev–Trinajstić information content (AvgIpc) is 3.08. The number of nitrogens with zero attached hydrogens (tertiary/aromatic N) is 1. The third-order valence-corrected chi connectivity index (χ3v) is 5.23. The number of hydrogen-bond donors (Lipinski definition) is 2. The van der Waals surface area contributed by atoms with Crippen LogP contribution in [0.15, 0.2) is 35.7 Å². The minimum Gasteiger partial charge on any atom is -0.465 e. The fraction of sp³-hybridized carbons (Fsp3) is 0.278. The van der Waals surface area contributed by atoms with Crippen molar-refractivity contribution in [2.45, 2.75) is 19.0 Å². The van der Waals surface area contributed by atoms with Crippen LogP contribution in [0.3, 0.4) is 0 Å². The van der Waals surface area contributed by atoms with Crippen LogP contribution < -0.4 is 11.1 Å². The topological polar surface area (TPSA) is 102 Å². The molecule has 1 aliphatic rings. The zero-order chi connectivity index (χ0) is 18.7. The largest absolute Gasteiger partial charge is 0.465 e. The zero-order valence-corrected chi connectivity index (χ0v) is 15.0. The Morgan fingerprint density at radius 1 is 1.27 bits per heavy atom. The Hall–Kier alpha value is -2.71.